The van der Waals surface area contributed by atoms with E-state index in [9.17, 15) is 12.8 Å². The minimum atomic E-state index is -3.70. The maximum absolute atomic E-state index is 13.5. The lowest BCUT2D eigenvalue weighted by molar-refractivity contribution is 0.206. The summed E-state index contributed by atoms with van der Waals surface area (Å²) in [6.45, 7) is 4.87. The molecule has 1 aromatic carbocycles. The van der Waals surface area contributed by atoms with Crippen LogP contribution in [0.2, 0.25) is 0 Å². The van der Waals surface area contributed by atoms with Crippen LogP contribution in [0.5, 0.6) is 5.06 Å². The Labute approximate surface area is 176 Å². The molecule has 1 saturated heterocycles. The normalized spacial score (nSPS) is 18.5. The molecule has 5 nitrogen and oxygen atoms in total. The largest absolute Gasteiger partial charge is 0.484 e. The molecule has 0 unspecified atom stereocenters. The van der Waals surface area contributed by atoms with Crippen molar-refractivity contribution in [3.8, 4) is 5.06 Å². The number of benzene rings is 1. The van der Waals surface area contributed by atoms with Crippen molar-refractivity contribution in [2.24, 2.45) is 0 Å². The Morgan fingerprint density at radius 2 is 1.93 bits per heavy atom. The van der Waals surface area contributed by atoms with Gasteiger partial charge in [0.1, 0.15) is 5.82 Å². The van der Waals surface area contributed by atoms with Gasteiger partial charge in [-0.3, -0.25) is 0 Å². The summed E-state index contributed by atoms with van der Waals surface area (Å²) in [6, 6.07) is 7.25. The molecule has 0 atom stereocenters. The first-order valence-electron chi connectivity index (χ1n) is 10.2. The SMILES string of the molecule is O=S(=O)(c1cccc(F)c1)N1CCc2cc(OCCCN3CCCCC3)sc2C1. The van der Waals surface area contributed by atoms with Crippen LogP contribution in [-0.4, -0.2) is 50.4 Å². The number of halogens is 1. The van der Waals surface area contributed by atoms with Crippen LogP contribution in [0, 0.1) is 5.82 Å². The Morgan fingerprint density at radius 1 is 1.10 bits per heavy atom. The highest BCUT2D eigenvalue weighted by atomic mass is 32.2. The predicted molar refractivity (Wildman–Crippen MR) is 112 cm³/mol. The van der Waals surface area contributed by atoms with Crippen molar-refractivity contribution in [2.45, 2.75) is 43.5 Å². The van der Waals surface area contributed by atoms with Crippen LogP contribution in [0.4, 0.5) is 4.39 Å². The Balaban J connectivity index is 1.33. The van der Waals surface area contributed by atoms with Crippen LogP contribution in [0.15, 0.2) is 35.2 Å². The smallest absolute Gasteiger partial charge is 0.243 e. The van der Waals surface area contributed by atoms with Crippen molar-refractivity contribution in [2.75, 3.05) is 32.8 Å². The van der Waals surface area contributed by atoms with Crippen LogP contribution < -0.4 is 4.74 Å². The maximum Gasteiger partial charge on any atom is 0.243 e. The average Bonchev–Trinajstić information content (AvgIpc) is 3.14. The topological polar surface area (TPSA) is 49.9 Å². The van der Waals surface area contributed by atoms with E-state index in [-0.39, 0.29) is 4.90 Å². The number of nitrogens with zero attached hydrogens (tertiary/aromatic N) is 2. The monoisotopic (exact) mass is 438 g/mol. The molecule has 0 radical (unpaired) electrons. The number of hydrogen-bond donors (Lipinski definition) is 0. The van der Waals surface area contributed by atoms with E-state index in [4.69, 9.17) is 4.74 Å². The van der Waals surface area contributed by atoms with Crippen molar-refractivity contribution in [1.82, 2.24) is 9.21 Å². The van der Waals surface area contributed by atoms with Gasteiger partial charge in [-0.25, -0.2) is 12.8 Å². The molecule has 0 bridgehead atoms. The number of rotatable bonds is 7. The third-order valence-corrected chi connectivity index (χ3v) is 8.49. The van der Waals surface area contributed by atoms with E-state index in [2.05, 4.69) is 4.90 Å². The maximum atomic E-state index is 13.5. The Morgan fingerprint density at radius 3 is 2.72 bits per heavy atom. The fourth-order valence-corrected chi connectivity index (χ4v) is 6.59. The highest BCUT2D eigenvalue weighted by molar-refractivity contribution is 7.89. The van der Waals surface area contributed by atoms with Crippen molar-refractivity contribution in [1.29, 1.82) is 0 Å². The summed E-state index contributed by atoms with van der Waals surface area (Å²) in [5.41, 5.74) is 1.16. The predicted octanol–water partition coefficient (Wildman–Crippen LogP) is 3.89. The zero-order valence-corrected chi connectivity index (χ0v) is 18.1. The molecule has 29 heavy (non-hydrogen) atoms. The molecule has 0 spiro atoms. The lowest BCUT2D eigenvalue weighted by Crippen LogP contribution is -2.35. The van der Waals surface area contributed by atoms with Gasteiger partial charge >= 0.3 is 0 Å². The third-order valence-electron chi connectivity index (χ3n) is 5.57. The molecule has 2 aromatic rings. The molecular formula is C21H27FN2O3S2. The highest BCUT2D eigenvalue weighted by Crippen LogP contribution is 2.35. The van der Waals surface area contributed by atoms with E-state index >= 15 is 0 Å². The van der Waals surface area contributed by atoms with Gasteiger partial charge in [0.15, 0.2) is 5.06 Å². The molecule has 158 valence electrons. The quantitative estimate of drug-likeness (QED) is 0.616. The van der Waals surface area contributed by atoms with E-state index in [1.54, 1.807) is 0 Å². The third kappa shape index (κ3) is 4.99. The molecule has 2 aliphatic rings. The van der Waals surface area contributed by atoms with Crippen molar-refractivity contribution in [3.63, 3.8) is 0 Å². The zero-order valence-electron chi connectivity index (χ0n) is 16.5. The summed E-state index contributed by atoms with van der Waals surface area (Å²) in [4.78, 5) is 3.52. The minimum Gasteiger partial charge on any atom is -0.484 e. The average molecular weight is 439 g/mol. The number of ether oxygens (including phenoxy) is 1. The summed E-state index contributed by atoms with van der Waals surface area (Å²) in [5, 5.41) is 0.860. The van der Waals surface area contributed by atoms with Crippen LogP contribution in [0.25, 0.3) is 0 Å². The van der Waals surface area contributed by atoms with Gasteiger partial charge in [-0.1, -0.05) is 12.5 Å². The molecule has 0 amide bonds. The van der Waals surface area contributed by atoms with Gasteiger partial charge in [0.05, 0.1) is 11.5 Å². The fourth-order valence-electron chi connectivity index (χ4n) is 3.97. The van der Waals surface area contributed by atoms with Gasteiger partial charge < -0.3 is 9.64 Å². The van der Waals surface area contributed by atoms with Crippen LogP contribution >= 0.6 is 11.3 Å². The second-order valence-corrected chi connectivity index (χ2v) is 10.7. The molecule has 1 fully saturated rings. The fraction of sp³-hybridized carbons (Fsp3) is 0.524. The highest BCUT2D eigenvalue weighted by Gasteiger charge is 2.30. The first-order valence-corrected chi connectivity index (χ1v) is 12.5. The number of hydrogen-bond acceptors (Lipinski definition) is 5. The second-order valence-electron chi connectivity index (χ2n) is 7.66. The lowest BCUT2D eigenvalue weighted by atomic mass is 10.1. The molecule has 1 aromatic heterocycles. The summed E-state index contributed by atoms with van der Waals surface area (Å²) in [5.74, 6) is -0.542. The van der Waals surface area contributed by atoms with Crippen LogP contribution in [-0.2, 0) is 23.0 Å². The molecule has 4 rings (SSSR count). The molecular weight excluding hydrogens is 411 g/mol. The van der Waals surface area contributed by atoms with Gasteiger partial charge in [-0.05, 0) is 68.6 Å². The van der Waals surface area contributed by atoms with Crippen molar-refractivity contribution < 1.29 is 17.5 Å². The Kier molecular flexibility index (Phi) is 6.53. The van der Waals surface area contributed by atoms with E-state index in [1.807, 2.05) is 6.07 Å². The van der Waals surface area contributed by atoms with E-state index in [0.717, 1.165) is 34.5 Å². The summed E-state index contributed by atoms with van der Waals surface area (Å²) >= 11 is 1.52. The van der Waals surface area contributed by atoms with Crippen molar-refractivity contribution >= 4 is 21.4 Å². The van der Waals surface area contributed by atoms with E-state index in [1.165, 1.54) is 66.2 Å². The number of sulfonamides is 1. The van der Waals surface area contributed by atoms with Gasteiger partial charge in [0.2, 0.25) is 10.0 Å². The lowest BCUT2D eigenvalue weighted by Gasteiger charge is -2.26. The molecule has 0 saturated carbocycles. The first-order chi connectivity index (χ1) is 14.0. The number of piperidine rings is 1. The number of thiophene rings is 1. The molecule has 0 N–H and O–H groups in total. The van der Waals surface area contributed by atoms with Crippen molar-refractivity contribution in [3.05, 3.63) is 46.6 Å². The van der Waals surface area contributed by atoms with E-state index in [0.29, 0.717) is 26.1 Å². The zero-order chi connectivity index (χ0) is 20.3. The van der Waals surface area contributed by atoms with Crippen LogP contribution in [0.1, 0.15) is 36.1 Å². The standard InChI is InChI=1S/C21H27FN2O3S2/c22-18-6-4-7-19(15-18)29(25,26)24-12-8-17-14-21(28-20(17)16-24)27-13-5-11-23-9-2-1-3-10-23/h4,6-7,14-15H,1-3,5,8-13,16H2. The summed E-state index contributed by atoms with van der Waals surface area (Å²) < 4.78 is 46.5. The molecule has 3 heterocycles. The molecule has 8 heteroatoms. The van der Waals surface area contributed by atoms with Gasteiger partial charge in [-0.2, -0.15) is 4.31 Å². The van der Waals surface area contributed by atoms with Gasteiger partial charge in [-0.15, -0.1) is 11.3 Å². The first kappa shape index (κ1) is 20.8. The Bertz CT molecular complexity index is 939. The Hall–Kier alpha value is -1.48. The summed E-state index contributed by atoms with van der Waals surface area (Å²) in [7, 11) is -3.70. The molecule has 2 aliphatic heterocycles. The van der Waals surface area contributed by atoms with Gasteiger partial charge in [0, 0.05) is 24.5 Å². The molecule has 0 aliphatic carbocycles. The number of fused-ring (bicyclic) bond motifs is 1. The summed E-state index contributed by atoms with van der Waals surface area (Å²) in [6.07, 6.45) is 5.60. The van der Waals surface area contributed by atoms with E-state index < -0.39 is 15.8 Å². The minimum absolute atomic E-state index is 0.00620. The second kappa shape index (κ2) is 9.12. The van der Waals surface area contributed by atoms with Crippen LogP contribution in [0.3, 0.4) is 0 Å². The van der Waals surface area contributed by atoms with Gasteiger partial charge in [0.25, 0.3) is 0 Å². The number of likely N-dealkylation sites (tertiary alicyclic amines) is 1.